The molecular weight excluding hydrogens is 262 g/mol. The van der Waals surface area contributed by atoms with E-state index >= 15 is 0 Å². The van der Waals surface area contributed by atoms with Crippen molar-refractivity contribution in [1.29, 1.82) is 0 Å². The van der Waals surface area contributed by atoms with E-state index in [4.69, 9.17) is 4.98 Å². The number of nitrogens with zero attached hydrogens (tertiary/aromatic N) is 5. The Morgan fingerprint density at radius 2 is 2.00 bits per heavy atom. The molecule has 0 spiro atoms. The number of imidazole rings is 1. The van der Waals surface area contributed by atoms with Crippen LogP contribution in [0.1, 0.15) is 18.5 Å². The Balaban J connectivity index is 1.94. The highest BCUT2D eigenvalue weighted by Crippen LogP contribution is 2.27. The third-order valence-electron chi connectivity index (χ3n) is 4.02. The molecule has 3 aromatic rings. The van der Waals surface area contributed by atoms with Gasteiger partial charge in [-0.15, -0.1) is 0 Å². The van der Waals surface area contributed by atoms with Crippen LogP contribution in [-0.2, 0) is 0 Å². The summed E-state index contributed by atoms with van der Waals surface area (Å²) >= 11 is 0. The van der Waals surface area contributed by atoms with Crippen molar-refractivity contribution in [3.63, 3.8) is 0 Å². The fourth-order valence-electron chi connectivity index (χ4n) is 2.88. The van der Waals surface area contributed by atoms with Crippen molar-refractivity contribution in [2.75, 3.05) is 18.0 Å². The Morgan fingerprint density at radius 3 is 2.76 bits per heavy atom. The monoisotopic (exact) mass is 279 g/mol. The second-order valence-electron chi connectivity index (χ2n) is 5.48. The van der Waals surface area contributed by atoms with E-state index in [1.807, 2.05) is 30.7 Å². The molecule has 0 unspecified atom stereocenters. The molecule has 0 saturated carbocycles. The Morgan fingerprint density at radius 1 is 1.14 bits per heavy atom. The van der Waals surface area contributed by atoms with Crippen molar-refractivity contribution in [2.24, 2.45) is 0 Å². The molecule has 0 aliphatic carbocycles. The molecule has 5 heteroatoms. The van der Waals surface area contributed by atoms with Gasteiger partial charge in [0, 0.05) is 49.1 Å². The highest BCUT2D eigenvalue weighted by atomic mass is 15.2. The summed E-state index contributed by atoms with van der Waals surface area (Å²) in [5.41, 5.74) is 4.05. The first-order chi connectivity index (χ1) is 10.3. The minimum Gasteiger partial charge on any atom is -0.354 e. The summed E-state index contributed by atoms with van der Waals surface area (Å²) < 4.78 is 2.13. The molecule has 0 N–H and O–H groups in total. The van der Waals surface area contributed by atoms with Crippen molar-refractivity contribution in [1.82, 2.24) is 19.4 Å². The van der Waals surface area contributed by atoms with Gasteiger partial charge in [-0.05, 0) is 31.9 Å². The summed E-state index contributed by atoms with van der Waals surface area (Å²) in [6, 6.07) is 3.98. The second kappa shape index (κ2) is 4.84. The van der Waals surface area contributed by atoms with Crippen LogP contribution in [0.3, 0.4) is 0 Å². The minimum absolute atomic E-state index is 0.943. The van der Waals surface area contributed by atoms with Crippen LogP contribution in [0.25, 0.3) is 16.9 Å². The molecule has 0 aromatic carbocycles. The van der Waals surface area contributed by atoms with E-state index in [1.165, 1.54) is 12.8 Å². The van der Waals surface area contributed by atoms with Crippen LogP contribution < -0.4 is 4.90 Å². The summed E-state index contributed by atoms with van der Waals surface area (Å²) in [6.07, 6.45) is 10.0. The first-order valence-corrected chi connectivity index (χ1v) is 7.33. The minimum atomic E-state index is 0.943. The molecule has 4 heterocycles. The number of anilines is 1. The maximum atomic E-state index is 4.87. The van der Waals surface area contributed by atoms with E-state index in [9.17, 15) is 0 Å². The van der Waals surface area contributed by atoms with Crippen LogP contribution in [0.5, 0.6) is 0 Å². The summed E-state index contributed by atoms with van der Waals surface area (Å²) in [5.74, 6) is 0.988. The number of pyridine rings is 1. The van der Waals surface area contributed by atoms with Crippen LogP contribution in [0.4, 0.5) is 5.82 Å². The smallest absolute Gasteiger partial charge is 0.180 e. The van der Waals surface area contributed by atoms with Gasteiger partial charge in [-0.2, -0.15) is 0 Å². The maximum Gasteiger partial charge on any atom is 0.180 e. The van der Waals surface area contributed by atoms with Gasteiger partial charge in [-0.25, -0.2) is 9.97 Å². The van der Waals surface area contributed by atoms with Crippen LogP contribution in [0.15, 0.2) is 36.9 Å². The van der Waals surface area contributed by atoms with Gasteiger partial charge >= 0.3 is 0 Å². The topological polar surface area (TPSA) is 46.3 Å². The predicted octanol–water partition coefficient (Wildman–Crippen LogP) is 2.70. The fraction of sp³-hybridized carbons (Fsp3) is 0.312. The van der Waals surface area contributed by atoms with E-state index in [0.717, 1.165) is 41.5 Å². The molecule has 1 fully saturated rings. The first-order valence-electron chi connectivity index (χ1n) is 7.33. The molecule has 0 atom stereocenters. The number of aryl methyl sites for hydroxylation is 1. The van der Waals surface area contributed by atoms with Crippen molar-refractivity contribution in [2.45, 2.75) is 19.8 Å². The summed E-state index contributed by atoms with van der Waals surface area (Å²) in [4.78, 5) is 15.9. The molecule has 1 aliphatic heterocycles. The van der Waals surface area contributed by atoms with Crippen LogP contribution >= 0.6 is 0 Å². The van der Waals surface area contributed by atoms with Crippen molar-refractivity contribution < 1.29 is 0 Å². The van der Waals surface area contributed by atoms with Crippen LogP contribution in [0, 0.1) is 6.92 Å². The lowest BCUT2D eigenvalue weighted by atomic mass is 10.2. The molecule has 1 aliphatic rings. The van der Waals surface area contributed by atoms with Crippen molar-refractivity contribution in [3.05, 3.63) is 42.6 Å². The van der Waals surface area contributed by atoms with E-state index in [2.05, 4.69) is 26.2 Å². The maximum absolute atomic E-state index is 4.87. The molecule has 3 aromatic heterocycles. The number of fused-ring (bicyclic) bond motifs is 1. The van der Waals surface area contributed by atoms with E-state index < -0.39 is 0 Å². The lowest BCUT2D eigenvalue weighted by Crippen LogP contribution is -2.20. The number of hydrogen-bond donors (Lipinski definition) is 0. The molecule has 1 saturated heterocycles. The third kappa shape index (κ3) is 2.05. The van der Waals surface area contributed by atoms with Gasteiger partial charge in [0.05, 0.1) is 5.69 Å². The second-order valence-corrected chi connectivity index (χ2v) is 5.48. The Bertz CT molecular complexity index is 772. The molecule has 0 amide bonds. The lowest BCUT2D eigenvalue weighted by molar-refractivity contribution is 0.926. The fourth-order valence-corrected chi connectivity index (χ4v) is 2.88. The largest absolute Gasteiger partial charge is 0.354 e. The standard InChI is InChI=1S/C16H17N5/c1-12-9-18-15-16(20-7-2-3-8-20)19-14(11-21(12)15)13-5-4-6-17-10-13/h4-6,9-11H,2-3,7-8H2,1H3. The Hall–Kier alpha value is -2.43. The summed E-state index contributed by atoms with van der Waals surface area (Å²) in [6.45, 7) is 4.19. The molecule has 5 nitrogen and oxygen atoms in total. The zero-order chi connectivity index (χ0) is 14.2. The quantitative estimate of drug-likeness (QED) is 0.723. The number of rotatable bonds is 2. The average Bonchev–Trinajstić information content (AvgIpc) is 3.18. The van der Waals surface area contributed by atoms with Gasteiger partial charge in [-0.1, -0.05) is 0 Å². The van der Waals surface area contributed by atoms with Crippen LogP contribution in [0.2, 0.25) is 0 Å². The SMILES string of the molecule is Cc1cnc2c(N3CCCC3)nc(-c3cccnc3)cn12. The number of aromatic nitrogens is 4. The zero-order valence-corrected chi connectivity index (χ0v) is 12.0. The van der Waals surface area contributed by atoms with E-state index in [1.54, 1.807) is 6.20 Å². The van der Waals surface area contributed by atoms with E-state index in [-0.39, 0.29) is 0 Å². The van der Waals surface area contributed by atoms with E-state index in [0.29, 0.717) is 0 Å². The van der Waals surface area contributed by atoms with Gasteiger partial charge in [0.15, 0.2) is 11.5 Å². The molecule has 4 rings (SSSR count). The van der Waals surface area contributed by atoms with Gasteiger partial charge in [0.25, 0.3) is 0 Å². The highest BCUT2D eigenvalue weighted by Gasteiger charge is 2.19. The summed E-state index contributed by atoms with van der Waals surface area (Å²) in [7, 11) is 0. The zero-order valence-electron chi connectivity index (χ0n) is 12.0. The van der Waals surface area contributed by atoms with Crippen molar-refractivity contribution in [3.8, 4) is 11.3 Å². The molecule has 106 valence electrons. The first kappa shape index (κ1) is 12.3. The normalized spacial score (nSPS) is 15.0. The van der Waals surface area contributed by atoms with Gasteiger partial charge in [-0.3, -0.25) is 9.38 Å². The molecular formula is C16H17N5. The van der Waals surface area contributed by atoms with Gasteiger partial charge in [0.1, 0.15) is 0 Å². The van der Waals surface area contributed by atoms with Gasteiger partial charge in [0.2, 0.25) is 0 Å². The Kier molecular flexibility index (Phi) is 2.84. The molecule has 21 heavy (non-hydrogen) atoms. The highest BCUT2D eigenvalue weighted by molar-refractivity contribution is 5.70. The molecule has 0 bridgehead atoms. The van der Waals surface area contributed by atoms with Gasteiger partial charge < -0.3 is 4.90 Å². The Labute approximate surface area is 123 Å². The lowest BCUT2D eigenvalue weighted by Gasteiger charge is -2.18. The average molecular weight is 279 g/mol. The third-order valence-corrected chi connectivity index (χ3v) is 4.02. The number of hydrogen-bond acceptors (Lipinski definition) is 4. The molecule has 0 radical (unpaired) electrons. The summed E-state index contributed by atoms with van der Waals surface area (Å²) in [5, 5.41) is 0. The van der Waals surface area contributed by atoms with Crippen LogP contribution in [-0.4, -0.2) is 32.4 Å². The predicted molar refractivity (Wildman–Crippen MR) is 82.4 cm³/mol. The van der Waals surface area contributed by atoms with Crippen molar-refractivity contribution >= 4 is 11.5 Å².